The van der Waals surface area contributed by atoms with Crippen LogP contribution in [0.25, 0.3) is 11.0 Å². The van der Waals surface area contributed by atoms with Crippen molar-refractivity contribution in [1.82, 2.24) is 25.0 Å². The number of carbonyl (C=O) groups excluding carboxylic acids is 1. The first-order valence-electron chi connectivity index (χ1n) is 11.1. The number of ether oxygens (including phenoxy) is 1. The Bertz CT molecular complexity index is 1390. The summed E-state index contributed by atoms with van der Waals surface area (Å²) in [6.07, 6.45) is 1.24. The van der Waals surface area contributed by atoms with Crippen molar-refractivity contribution >= 4 is 23.0 Å². The number of fused-ring (bicyclic) bond motifs is 3. The molecule has 8 nitrogen and oxygen atoms in total. The highest BCUT2D eigenvalue weighted by atomic mass is 19.3. The molecule has 3 aromatic rings. The smallest absolute Gasteiger partial charge is 0.387 e. The molecule has 2 unspecified atom stereocenters. The van der Waals surface area contributed by atoms with Crippen LogP contribution < -0.4 is 10.2 Å². The lowest BCUT2D eigenvalue weighted by atomic mass is 9.96. The summed E-state index contributed by atoms with van der Waals surface area (Å²) in [4.78, 5) is 18.8. The molecule has 10 heteroatoms. The van der Waals surface area contributed by atoms with E-state index in [0.717, 1.165) is 28.1 Å². The number of hydrogen-bond acceptors (Lipinski definition) is 7. The zero-order valence-electron chi connectivity index (χ0n) is 19.5. The van der Waals surface area contributed by atoms with E-state index in [-0.39, 0.29) is 11.8 Å². The van der Waals surface area contributed by atoms with Crippen molar-refractivity contribution in [2.75, 3.05) is 27.7 Å². The molecular formula is C25H24F2N6O2. The average Bonchev–Trinajstić information content (AvgIpc) is 3.51. The number of carbonyl (C=O) groups is 1. The quantitative estimate of drug-likeness (QED) is 0.449. The molecule has 0 radical (unpaired) electrons. The maximum atomic E-state index is 13.2. The van der Waals surface area contributed by atoms with Crippen LogP contribution in [0.1, 0.15) is 45.8 Å². The molecule has 2 aromatic carbocycles. The summed E-state index contributed by atoms with van der Waals surface area (Å²) in [6, 6.07) is 9.88. The van der Waals surface area contributed by atoms with Crippen molar-refractivity contribution in [3.8, 4) is 17.6 Å². The predicted octanol–water partition coefficient (Wildman–Crippen LogP) is 3.20. The van der Waals surface area contributed by atoms with Gasteiger partial charge < -0.3 is 9.30 Å². The third kappa shape index (κ3) is 4.24. The van der Waals surface area contributed by atoms with E-state index in [0.29, 0.717) is 30.4 Å². The van der Waals surface area contributed by atoms with E-state index in [9.17, 15) is 13.6 Å². The molecule has 0 bridgehead atoms. The van der Waals surface area contributed by atoms with E-state index >= 15 is 0 Å². The lowest BCUT2D eigenvalue weighted by Crippen LogP contribution is -2.24. The highest BCUT2D eigenvalue weighted by Crippen LogP contribution is 2.46. The van der Waals surface area contributed by atoms with Crippen molar-refractivity contribution < 1.29 is 18.3 Å². The highest BCUT2D eigenvalue weighted by molar-refractivity contribution is 6.03. The number of nitrogens with zero attached hydrogens (tertiary/aromatic N) is 5. The minimum atomic E-state index is -3.00. The first kappa shape index (κ1) is 23.0. The molecule has 0 saturated heterocycles. The monoisotopic (exact) mass is 478 g/mol. The first-order valence-corrected chi connectivity index (χ1v) is 11.1. The maximum absolute atomic E-state index is 13.2. The Morgan fingerprint density at radius 2 is 2.09 bits per heavy atom. The second-order valence-electron chi connectivity index (χ2n) is 8.69. The number of hydrogen-bond donors (Lipinski definition) is 1. The molecule has 0 amide bonds. The molecule has 0 fully saturated rings. The number of nitrogens with one attached hydrogen (secondary N) is 1. The maximum Gasteiger partial charge on any atom is 0.387 e. The lowest BCUT2D eigenvalue weighted by Gasteiger charge is -2.22. The number of aldehydes is 1. The number of benzene rings is 2. The SMILES string of the molecule is CN1N=C(C#Cc2ccc3nc4n(c3c2)C(c2c(C=O)cccc2OC(F)F)CC4N(C)C)CN1. The molecular weight excluding hydrogens is 454 g/mol. The molecule has 35 heavy (non-hydrogen) atoms. The van der Waals surface area contributed by atoms with Crippen LogP contribution in [0.5, 0.6) is 5.75 Å². The summed E-state index contributed by atoms with van der Waals surface area (Å²) >= 11 is 0. The largest absolute Gasteiger partial charge is 0.434 e. The van der Waals surface area contributed by atoms with Crippen LogP contribution in [-0.4, -0.2) is 65.9 Å². The number of aromatic nitrogens is 2. The summed E-state index contributed by atoms with van der Waals surface area (Å²) in [5.74, 6) is 7.02. The number of hydrazone groups is 1. The van der Waals surface area contributed by atoms with Crippen LogP contribution in [0.3, 0.4) is 0 Å². The molecule has 0 saturated carbocycles. The minimum absolute atomic E-state index is 0.00591. The Morgan fingerprint density at radius 1 is 1.26 bits per heavy atom. The van der Waals surface area contributed by atoms with Gasteiger partial charge in [-0.05, 0) is 50.7 Å². The zero-order valence-corrected chi connectivity index (χ0v) is 19.5. The summed E-state index contributed by atoms with van der Waals surface area (Å²) in [5, 5.41) is 5.90. The molecule has 0 spiro atoms. The van der Waals surface area contributed by atoms with Gasteiger partial charge >= 0.3 is 6.61 Å². The summed E-state index contributed by atoms with van der Waals surface area (Å²) in [5.41, 5.74) is 6.87. The van der Waals surface area contributed by atoms with Crippen molar-refractivity contribution in [1.29, 1.82) is 0 Å². The highest BCUT2D eigenvalue weighted by Gasteiger charge is 2.38. The molecule has 5 rings (SSSR count). The molecule has 1 aromatic heterocycles. The number of hydrazine groups is 1. The van der Waals surface area contributed by atoms with Crippen LogP contribution in [0, 0.1) is 11.8 Å². The standard InChI is InChI=1S/C25H24F2N6O2/c1-31(2)21-12-20(23-16(14-34)5-4-6-22(23)35-25(26)27)33-19-11-15(8-10-18(19)29-24(21)33)7-9-17-13-28-32(3)30-17/h4-6,8,10-11,14,20-21,25,28H,12-13H2,1-3H3. The van der Waals surface area contributed by atoms with E-state index in [1.165, 1.54) is 6.07 Å². The fraction of sp³-hybridized carbons (Fsp3) is 0.320. The number of halogens is 2. The predicted molar refractivity (Wildman–Crippen MR) is 127 cm³/mol. The fourth-order valence-electron chi connectivity index (χ4n) is 4.74. The normalized spacial score (nSPS) is 19.2. The summed E-state index contributed by atoms with van der Waals surface area (Å²) in [6.45, 7) is -2.44. The van der Waals surface area contributed by atoms with Crippen LogP contribution in [-0.2, 0) is 0 Å². The fourth-order valence-corrected chi connectivity index (χ4v) is 4.74. The van der Waals surface area contributed by atoms with Crippen molar-refractivity contribution in [2.24, 2.45) is 5.10 Å². The third-order valence-corrected chi connectivity index (χ3v) is 6.27. The van der Waals surface area contributed by atoms with E-state index in [2.05, 4.69) is 22.4 Å². The molecule has 180 valence electrons. The van der Waals surface area contributed by atoms with Gasteiger partial charge in [0.2, 0.25) is 0 Å². The number of alkyl halides is 2. The van der Waals surface area contributed by atoms with Crippen molar-refractivity contribution in [2.45, 2.75) is 25.1 Å². The first-order chi connectivity index (χ1) is 16.9. The third-order valence-electron chi connectivity index (χ3n) is 6.27. The van der Waals surface area contributed by atoms with Gasteiger partial charge in [0.15, 0.2) is 6.29 Å². The Balaban J connectivity index is 1.66. The Labute approximate surface area is 201 Å². The Morgan fingerprint density at radius 3 is 2.77 bits per heavy atom. The molecule has 2 aliphatic heterocycles. The van der Waals surface area contributed by atoms with Gasteiger partial charge in [-0.25, -0.2) is 15.5 Å². The van der Waals surface area contributed by atoms with Gasteiger partial charge in [-0.3, -0.25) is 9.69 Å². The van der Waals surface area contributed by atoms with Crippen molar-refractivity contribution in [3.63, 3.8) is 0 Å². The van der Waals surface area contributed by atoms with Crippen molar-refractivity contribution in [3.05, 3.63) is 58.9 Å². The van der Waals surface area contributed by atoms with Crippen LogP contribution >= 0.6 is 0 Å². The topological polar surface area (TPSA) is 75.0 Å². The molecule has 0 aliphatic carbocycles. The molecule has 2 atom stereocenters. The zero-order chi connectivity index (χ0) is 24.7. The van der Waals surface area contributed by atoms with Gasteiger partial charge in [0.05, 0.1) is 29.7 Å². The van der Waals surface area contributed by atoms with Crippen LogP contribution in [0.2, 0.25) is 0 Å². The van der Waals surface area contributed by atoms with Gasteiger partial charge in [0.1, 0.15) is 17.3 Å². The molecule has 3 heterocycles. The second-order valence-corrected chi connectivity index (χ2v) is 8.69. The van der Waals surface area contributed by atoms with E-state index in [4.69, 9.17) is 9.72 Å². The van der Waals surface area contributed by atoms with Gasteiger partial charge in [-0.1, -0.05) is 18.1 Å². The van der Waals surface area contributed by atoms with Crippen LogP contribution in [0.15, 0.2) is 41.5 Å². The van der Waals surface area contributed by atoms with Crippen LogP contribution in [0.4, 0.5) is 8.78 Å². The number of rotatable bonds is 5. The average molecular weight is 479 g/mol. The van der Waals surface area contributed by atoms with E-state index < -0.39 is 12.7 Å². The lowest BCUT2D eigenvalue weighted by molar-refractivity contribution is -0.0507. The second kappa shape index (κ2) is 9.09. The van der Waals surface area contributed by atoms with E-state index in [1.807, 2.05) is 41.8 Å². The van der Waals surface area contributed by atoms with Gasteiger partial charge in [-0.2, -0.15) is 13.9 Å². The Hall–Kier alpha value is -3.81. The summed E-state index contributed by atoms with van der Waals surface area (Å²) in [7, 11) is 5.70. The molecule has 1 N–H and O–H groups in total. The number of imidazole rings is 1. The van der Waals surface area contributed by atoms with E-state index in [1.54, 1.807) is 24.3 Å². The van der Waals surface area contributed by atoms with Gasteiger partial charge in [-0.15, -0.1) is 0 Å². The van der Waals surface area contributed by atoms with Gasteiger partial charge in [0.25, 0.3) is 0 Å². The summed E-state index contributed by atoms with van der Waals surface area (Å²) < 4.78 is 33.3. The molecule has 2 aliphatic rings. The minimum Gasteiger partial charge on any atom is -0.434 e. The van der Waals surface area contributed by atoms with Gasteiger partial charge in [0, 0.05) is 23.7 Å². The Kier molecular flexibility index (Phi) is 5.96.